The van der Waals surface area contributed by atoms with Crippen LogP contribution < -0.4 is 4.74 Å². The van der Waals surface area contributed by atoms with Crippen LogP contribution in [0.25, 0.3) is 0 Å². The van der Waals surface area contributed by atoms with E-state index < -0.39 is 0 Å². The second kappa shape index (κ2) is 8.50. The summed E-state index contributed by atoms with van der Waals surface area (Å²) in [6, 6.07) is 8.83. The number of likely N-dealkylation sites (N-methyl/N-ethyl adjacent to an activating group) is 1. The van der Waals surface area contributed by atoms with Gasteiger partial charge in [0, 0.05) is 19.6 Å². The maximum absolute atomic E-state index is 12.1. The number of nitrogens with zero attached hydrogens (tertiary/aromatic N) is 3. The number of hydrogen-bond donors (Lipinski definition) is 0. The van der Waals surface area contributed by atoms with Crippen LogP contribution in [-0.2, 0) is 4.79 Å². The molecule has 1 aliphatic heterocycles. The number of nitriles is 1. The first kappa shape index (κ1) is 17.3. The van der Waals surface area contributed by atoms with Gasteiger partial charge in [0.1, 0.15) is 5.75 Å². The van der Waals surface area contributed by atoms with Gasteiger partial charge in [-0.1, -0.05) is 0 Å². The van der Waals surface area contributed by atoms with Crippen LogP contribution in [0.15, 0.2) is 24.3 Å². The molecule has 21 heavy (non-hydrogen) atoms. The molecule has 0 unspecified atom stereocenters. The van der Waals surface area contributed by atoms with Crippen LogP contribution >= 0.6 is 12.4 Å². The Morgan fingerprint density at radius 1 is 1.24 bits per heavy atom. The van der Waals surface area contributed by atoms with E-state index in [-0.39, 0.29) is 24.9 Å². The fraction of sp³-hybridized carbons (Fsp3) is 0.467. The van der Waals surface area contributed by atoms with Gasteiger partial charge in [0.25, 0.3) is 5.91 Å². The Balaban J connectivity index is 0.00000220. The number of ether oxygens (including phenoxy) is 1. The quantitative estimate of drug-likeness (QED) is 0.849. The minimum atomic E-state index is 0. The van der Waals surface area contributed by atoms with Gasteiger partial charge in [-0.15, -0.1) is 12.4 Å². The lowest BCUT2D eigenvalue weighted by molar-refractivity contribution is -0.133. The van der Waals surface area contributed by atoms with Crippen molar-refractivity contribution < 1.29 is 9.53 Å². The smallest absolute Gasteiger partial charge is 0.260 e. The minimum Gasteiger partial charge on any atom is -0.484 e. The van der Waals surface area contributed by atoms with Crippen LogP contribution in [0.3, 0.4) is 0 Å². The third-order valence-electron chi connectivity index (χ3n) is 3.42. The van der Waals surface area contributed by atoms with Gasteiger partial charge in [-0.25, -0.2) is 0 Å². The highest BCUT2D eigenvalue weighted by Gasteiger charge is 2.17. The monoisotopic (exact) mass is 309 g/mol. The predicted molar refractivity (Wildman–Crippen MR) is 82.6 cm³/mol. The summed E-state index contributed by atoms with van der Waals surface area (Å²) in [5, 5.41) is 8.71. The summed E-state index contributed by atoms with van der Waals surface area (Å²) in [7, 11) is 2.07. The molecule has 0 radical (unpaired) electrons. The van der Waals surface area contributed by atoms with Gasteiger partial charge < -0.3 is 14.5 Å². The number of amides is 1. The molecule has 0 aliphatic carbocycles. The maximum Gasteiger partial charge on any atom is 0.260 e. The van der Waals surface area contributed by atoms with Crippen LogP contribution in [0.5, 0.6) is 5.75 Å². The molecule has 6 heteroatoms. The molecule has 1 aromatic carbocycles. The molecule has 0 aromatic heterocycles. The molecule has 5 nitrogen and oxygen atoms in total. The largest absolute Gasteiger partial charge is 0.484 e. The first-order chi connectivity index (χ1) is 9.69. The molecule has 114 valence electrons. The van der Waals surface area contributed by atoms with Crippen molar-refractivity contribution in [3.63, 3.8) is 0 Å². The van der Waals surface area contributed by atoms with Crippen LogP contribution in [-0.4, -0.2) is 55.5 Å². The van der Waals surface area contributed by atoms with E-state index in [1.165, 1.54) is 0 Å². The molecular weight excluding hydrogens is 290 g/mol. The van der Waals surface area contributed by atoms with E-state index in [1.54, 1.807) is 24.3 Å². The lowest BCUT2D eigenvalue weighted by atomic mass is 10.2. The molecule has 0 bridgehead atoms. The summed E-state index contributed by atoms with van der Waals surface area (Å²) in [6.45, 7) is 3.53. The van der Waals surface area contributed by atoms with E-state index in [4.69, 9.17) is 10.00 Å². The Hall–Kier alpha value is -1.77. The van der Waals surface area contributed by atoms with Crippen molar-refractivity contribution in [2.24, 2.45) is 0 Å². The zero-order valence-electron chi connectivity index (χ0n) is 12.1. The van der Waals surface area contributed by atoms with Crippen molar-refractivity contribution in [3.8, 4) is 11.8 Å². The van der Waals surface area contributed by atoms with Crippen molar-refractivity contribution in [2.75, 3.05) is 39.8 Å². The van der Waals surface area contributed by atoms with Gasteiger partial charge in [-0.05, 0) is 44.3 Å². The van der Waals surface area contributed by atoms with E-state index in [9.17, 15) is 4.79 Å². The van der Waals surface area contributed by atoms with E-state index in [1.807, 2.05) is 11.0 Å². The van der Waals surface area contributed by atoms with Crippen molar-refractivity contribution in [3.05, 3.63) is 29.8 Å². The first-order valence-corrected chi connectivity index (χ1v) is 6.78. The summed E-state index contributed by atoms with van der Waals surface area (Å²) in [4.78, 5) is 16.2. The number of hydrogen-bond acceptors (Lipinski definition) is 4. The van der Waals surface area contributed by atoms with Crippen molar-refractivity contribution in [1.29, 1.82) is 5.26 Å². The van der Waals surface area contributed by atoms with Crippen LogP contribution in [0.4, 0.5) is 0 Å². The Bertz CT molecular complexity index is 499. The number of carbonyl (C=O) groups excluding carboxylic acids is 1. The molecule has 1 fully saturated rings. The molecular formula is C15H20ClN3O2. The molecule has 1 heterocycles. The fourth-order valence-electron chi connectivity index (χ4n) is 2.16. The van der Waals surface area contributed by atoms with Gasteiger partial charge >= 0.3 is 0 Å². The maximum atomic E-state index is 12.1. The lowest BCUT2D eigenvalue weighted by Gasteiger charge is -2.20. The van der Waals surface area contributed by atoms with Gasteiger partial charge in [0.05, 0.1) is 11.6 Å². The first-order valence-electron chi connectivity index (χ1n) is 6.78. The fourth-order valence-corrected chi connectivity index (χ4v) is 2.16. The van der Waals surface area contributed by atoms with E-state index in [0.29, 0.717) is 11.3 Å². The molecule has 2 rings (SSSR count). The summed E-state index contributed by atoms with van der Waals surface area (Å²) in [6.07, 6.45) is 0.999. The summed E-state index contributed by atoms with van der Waals surface area (Å²) >= 11 is 0. The van der Waals surface area contributed by atoms with Gasteiger partial charge in [0.2, 0.25) is 0 Å². The molecule has 1 aromatic rings. The highest BCUT2D eigenvalue weighted by molar-refractivity contribution is 5.85. The van der Waals surface area contributed by atoms with Crippen LogP contribution in [0.2, 0.25) is 0 Å². The van der Waals surface area contributed by atoms with Crippen LogP contribution in [0, 0.1) is 11.3 Å². The molecule has 0 atom stereocenters. The lowest BCUT2D eigenvalue weighted by Crippen LogP contribution is -2.37. The van der Waals surface area contributed by atoms with Gasteiger partial charge in [-0.3, -0.25) is 4.79 Å². The van der Waals surface area contributed by atoms with E-state index in [0.717, 1.165) is 32.6 Å². The summed E-state index contributed by atoms with van der Waals surface area (Å²) in [5.74, 6) is 0.633. The van der Waals surface area contributed by atoms with Crippen LogP contribution in [0.1, 0.15) is 12.0 Å². The molecule has 0 saturated carbocycles. The number of carbonyl (C=O) groups is 1. The molecule has 1 aliphatic rings. The Kier molecular flexibility index (Phi) is 7.00. The average Bonchev–Trinajstić information content (AvgIpc) is 2.70. The van der Waals surface area contributed by atoms with Crippen molar-refractivity contribution in [2.45, 2.75) is 6.42 Å². The number of halogens is 1. The Morgan fingerprint density at radius 3 is 2.62 bits per heavy atom. The SMILES string of the molecule is CN1CCCN(C(=O)COc2ccc(C#N)cc2)CC1.Cl. The number of rotatable bonds is 3. The van der Waals surface area contributed by atoms with Crippen molar-refractivity contribution >= 4 is 18.3 Å². The van der Waals surface area contributed by atoms with E-state index in [2.05, 4.69) is 11.9 Å². The predicted octanol–water partition coefficient (Wildman–Crippen LogP) is 1.52. The standard InChI is InChI=1S/C15H19N3O2.ClH/c1-17-7-2-8-18(10-9-17)15(19)12-20-14-5-3-13(11-16)4-6-14;/h3-6H,2,7-10,12H2,1H3;1H. The Morgan fingerprint density at radius 2 is 1.95 bits per heavy atom. The topological polar surface area (TPSA) is 56.6 Å². The zero-order chi connectivity index (χ0) is 14.4. The highest BCUT2D eigenvalue weighted by atomic mass is 35.5. The second-order valence-corrected chi connectivity index (χ2v) is 4.96. The van der Waals surface area contributed by atoms with Crippen molar-refractivity contribution in [1.82, 2.24) is 9.80 Å². The molecule has 0 spiro atoms. The third kappa shape index (κ3) is 5.25. The third-order valence-corrected chi connectivity index (χ3v) is 3.42. The molecule has 1 saturated heterocycles. The number of benzene rings is 1. The van der Waals surface area contributed by atoms with Gasteiger partial charge in [0.15, 0.2) is 6.61 Å². The highest BCUT2D eigenvalue weighted by Crippen LogP contribution is 2.12. The summed E-state index contributed by atoms with van der Waals surface area (Å²) < 4.78 is 5.47. The normalized spacial score (nSPS) is 15.5. The van der Waals surface area contributed by atoms with Gasteiger partial charge in [-0.2, -0.15) is 5.26 Å². The minimum absolute atomic E-state index is 0. The summed E-state index contributed by atoms with van der Waals surface area (Å²) in [5.41, 5.74) is 0.583. The zero-order valence-corrected chi connectivity index (χ0v) is 12.9. The Labute approximate surface area is 131 Å². The second-order valence-electron chi connectivity index (χ2n) is 4.96. The average molecular weight is 310 g/mol. The molecule has 1 amide bonds. The molecule has 0 N–H and O–H groups in total. The van der Waals surface area contributed by atoms with E-state index >= 15 is 0 Å².